The van der Waals surface area contributed by atoms with Crippen molar-refractivity contribution < 1.29 is 19.1 Å². The van der Waals surface area contributed by atoms with Crippen molar-refractivity contribution in [1.82, 2.24) is 4.90 Å². The van der Waals surface area contributed by atoms with Crippen LogP contribution in [0.4, 0.5) is 15.8 Å². The normalized spacial score (nSPS) is 14.2. The molecule has 0 bridgehead atoms. The minimum atomic E-state index is -0.643. The second-order valence-corrected chi connectivity index (χ2v) is 6.11. The third-order valence-electron chi connectivity index (χ3n) is 4.48. The van der Waals surface area contributed by atoms with E-state index in [0.29, 0.717) is 37.6 Å². The number of phenols is 1. The second-order valence-electron chi connectivity index (χ2n) is 6.11. The number of para-hydroxylation sites is 1. The molecule has 26 heavy (non-hydrogen) atoms. The highest BCUT2D eigenvalue weighted by Gasteiger charge is 2.29. The fraction of sp³-hybridized carbons (Fsp3) is 0.263. The van der Waals surface area contributed by atoms with Crippen LogP contribution in [-0.4, -0.2) is 55.0 Å². The first-order chi connectivity index (χ1) is 12.5. The number of hydrogen-bond donors (Lipinski definition) is 1. The lowest BCUT2D eigenvalue weighted by Gasteiger charge is -2.36. The Morgan fingerprint density at radius 2 is 1.62 bits per heavy atom. The highest BCUT2D eigenvalue weighted by molar-refractivity contribution is 6.40. The van der Waals surface area contributed by atoms with E-state index in [4.69, 9.17) is 0 Å². The van der Waals surface area contributed by atoms with Crippen LogP contribution in [-0.2, 0) is 9.59 Å². The van der Waals surface area contributed by atoms with E-state index >= 15 is 0 Å². The third kappa shape index (κ3) is 3.61. The summed E-state index contributed by atoms with van der Waals surface area (Å²) in [7, 11) is 1.52. The first kappa shape index (κ1) is 17.7. The number of benzene rings is 2. The lowest BCUT2D eigenvalue weighted by Crippen LogP contribution is -2.53. The fourth-order valence-corrected chi connectivity index (χ4v) is 2.93. The van der Waals surface area contributed by atoms with E-state index in [-0.39, 0.29) is 11.6 Å². The van der Waals surface area contributed by atoms with Gasteiger partial charge in [0, 0.05) is 38.9 Å². The van der Waals surface area contributed by atoms with E-state index in [9.17, 15) is 19.1 Å². The molecule has 0 atom stereocenters. The summed E-state index contributed by atoms with van der Waals surface area (Å²) in [4.78, 5) is 29.5. The van der Waals surface area contributed by atoms with E-state index in [0.717, 1.165) is 0 Å². The van der Waals surface area contributed by atoms with E-state index in [1.165, 1.54) is 35.0 Å². The van der Waals surface area contributed by atoms with Crippen LogP contribution in [0.1, 0.15) is 0 Å². The molecule has 0 radical (unpaired) electrons. The Morgan fingerprint density at radius 3 is 2.23 bits per heavy atom. The molecule has 0 aliphatic carbocycles. The van der Waals surface area contributed by atoms with Crippen molar-refractivity contribution in [2.75, 3.05) is 43.0 Å². The van der Waals surface area contributed by atoms with Gasteiger partial charge in [-0.2, -0.15) is 0 Å². The predicted molar refractivity (Wildman–Crippen MR) is 96.7 cm³/mol. The van der Waals surface area contributed by atoms with Gasteiger partial charge in [-0.25, -0.2) is 4.39 Å². The SMILES string of the molecule is CN(C(=O)C(=O)N1CCN(c2ccccc2F)CC1)c1ccc(O)cc1. The molecule has 1 aliphatic heterocycles. The fourth-order valence-electron chi connectivity index (χ4n) is 2.93. The number of amides is 2. The Balaban J connectivity index is 1.62. The maximum Gasteiger partial charge on any atom is 0.316 e. The van der Waals surface area contributed by atoms with Gasteiger partial charge in [0.2, 0.25) is 0 Å². The van der Waals surface area contributed by atoms with Crippen LogP contribution in [0, 0.1) is 5.82 Å². The molecule has 3 rings (SSSR count). The Bertz CT molecular complexity index is 802. The van der Waals surface area contributed by atoms with Gasteiger partial charge in [0.25, 0.3) is 0 Å². The summed E-state index contributed by atoms with van der Waals surface area (Å²) in [5.41, 5.74) is 1.03. The Labute approximate surface area is 151 Å². The number of carbonyl (C=O) groups is 2. The zero-order valence-corrected chi connectivity index (χ0v) is 14.4. The number of likely N-dealkylation sites (N-methyl/N-ethyl adjacent to an activating group) is 1. The highest BCUT2D eigenvalue weighted by Crippen LogP contribution is 2.21. The minimum absolute atomic E-state index is 0.0881. The molecule has 6 nitrogen and oxygen atoms in total. The van der Waals surface area contributed by atoms with Crippen LogP contribution in [0.5, 0.6) is 5.75 Å². The summed E-state index contributed by atoms with van der Waals surface area (Å²) in [6.45, 7) is 1.62. The van der Waals surface area contributed by atoms with Crippen molar-refractivity contribution >= 4 is 23.2 Å². The summed E-state index contributed by atoms with van der Waals surface area (Å²) in [5, 5.41) is 9.32. The number of anilines is 2. The number of phenolic OH excluding ortho intramolecular Hbond substituents is 1. The molecule has 2 aromatic rings. The topological polar surface area (TPSA) is 64.1 Å². The molecule has 1 N–H and O–H groups in total. The lowest BCUT2D eigenvalue weighted by atomic mass is 10.2. The Hall–Kier alpha value is -3.09. The minimum Gasteiger partial charge on any atom is -0.508 e. The van der Waals surface area contributed by atoms with Gasteiger partial charge in [-0.3, -0.25) is 9.59 Å². The number of rotatable bonds is 2. The lowest BCUT2D eigenvalue weighted by molar-refractivity contribution is -0.144. The summed E-state index contributed by atoms with van der Waals surface area (Å²) >= 11 is 0. The standard InChI is InChI=1S/C19H20FN3O3/c1-21(14-6-8-15(24)9-7-14)18(25)19(26)23-12-10-22(11-13-23)17-5-3-2-4-16(17)20/h2-9,24H,10-13H2,1H3. The van der Waals surface area contributed by atoms with E-state index in [2.05, 4.69) is 0 Å². The molecule has 0 spiro atoms. The largest absolute Gasteiger partial charge is 0.508 e. The first-order valence-electron chi connectivity index (χ1n) is 8.33. The number of aromatic hydroxyl groups is 1. The molecule has 0 unspecified atom stereocenters. The molecule has 2 aromatic carbocycles. The summed E-state index contributed by atoms with van der Waals surface area (Å²) in [6, 6.07) is 12.6. The third-order valence-corrected chi connectivity index (χ3v) is 4.48. The number of piperazine rings is 1. The molecular formula is C19H20FN3O3. The van der Waals surface area contributed by atoms with Crippen molar-refractivity contribution in [3.8, 4) is 5.75 Å². The zero-order chi connectivity index (χ0) is 18.7. The van der Waals surface area contributed by atoms with Crippen molar-refractivity contribution in [2.45, 2.75) is 0 Å². The van der Waals surface area contributed by atoms with E-state index in [1.807, 2.05) is 4.90 Å². The molecule has 2 amide bonds. The van der Waals surface area contributed by atoms with Gasteiger partial charge in [0.05, 0.1) is 5.69 Å². The zero-order valence-electron chi connectivity index (χ0n) is 14.4. The van der Waals surface area contributed by atoms with Crippen LogP contribution < -0.4 is 9.80 Å². The van der Waals surface area contributed by atoms with Gasteiger partial charge < -0.3 is 19.8 Å². The molecule has 1 heterocycles. The maximum atomic E-state index is 13.9. The number of hydrogen-bond acceptors (Lipinski definition) is 4. The maximum absolute atomic E-state index is 13.9. The monoisotopic (exact) mass is 357 g/mol. The van der Waals surface area contributed by atoms with Crippen molar-refractivity contribution in [1.29, 1.82) is 0 Å². The molecule has 7 heteroatoms. The summed E-state index contributed by atoms with van der Waals surface area (Å²) in [6.07, 6.45) is 0. The van der Waals surface area contributed by atoms with Crippen LogP contribution in [0.25, 0.3) is 0 Å². The smallest absolute Gasteiger partial charge is 0.316 e. The van der Waals surface area contributed by atoms with Gasteiger partial charge in [-0.05, 0) is 36.4 Å². The number of nitrogens with zero attached hydrogens (tertiary/aromatic N) is 3. The van der Waals surface area contributed by atoms with Crippen LogP contribution in [0.2, 0.25) is 0 Å². The predicted octanol–water partition coefficient (Wildman–Crippen LogP) is 1.84. The quantitative estimate of drug-likeness (QED) is 0.833. The summed E-state index contributed by atoms with van der Waals surface area (Å²) in [5.74, 6) is -1.44. The van der Waals surface area contributed by atoms with Gasteiger partial charge in [0.15, 0.2) is 0 Å². The highest BCUT2D eigenvalue weighted by atomic mass is 19.1. The molecule has 0 saturated carbocycles. The first-order valence-corrected chi connectivity index (χ1v) is 8.33. The van der Waals surface area contributed by atoms with Gasteiger partial charge in [-0.15, -0.1) is 0 Å². The van der Waals surface area contributed by atoms with Gasteiger partial charge in [-0.1, -0.05) is 12.1 Å². The Kier molecular flexibility index (Phi) is 5.06. The molecule has 136 valence electrons. The van der Waals surface area contributed by atoms with Gasteiger partial charge >= 0.3 is 11.8 Å². The van der Waals surface area contributed by atoms with E-state index in [1.54, 1.807) is 30.3 Å². The van der Waals surface area contributed by atoms with Crippen molar-refractivity contribution in [3.05, 3.63) is 54.3 Å². The molecule has 1 fully saturated rings. The molecule has 1 saturated heterocycles. The second kappa shape index (κ2) is 7.43. The molecule has 1 aliphatic rings. The number of halogens is 1. The van der Waals surface area contributed by atoms with E-state index < -0.39 is 11.8 Å². The average Bonchev–Trinajstić information content (AvgIpc) is 2.67. The molecule has 0 aromatic heterocycles. The average molecular weight is 357 g/mol. The van der Waals surface area contributed by atoms with Gasteiger partial charge in [0.1, 0.15) is 11.6 Å². The Morgan fingerprint density at radius 1 is 1.00 bits per heavy atom. The molecular weight excluding hydrogens is 337 g/mol. The van der Waals surface area contributed by atoms with Crippen LogP contribution >= 0.6 is 0 Å². The van der Waals surface area contributed by atoms with Crippen LogP contribution in [0.15, 0.2) is 48.5 Å². The number of carbonyl (C=O) groups excluding carboxylic acids is 2. The van der Waals surface area contributed by atoms with Crippen LogP contribution in [0.3, 0.4) is 0 Å². The van der Waals surface area contributed by atoms with Crippen molar-refractivity contribution in [3.63, 3.8) is 0 Å². The summed E-state index contributed by atoms with van der Waals surface area (Å²) < 4.78 is 13.9. The van der Waals surface area contributed by atoms with Crippen molar-refractivity contribution in [2.24, 2.45) is 0 Å².